The van der Waals surface area contributed by atoms with Crippen LogP contribution in [0, 0.1) is 6.92 Å². The van der Waals surface area contributed by atoms with Crippen LogP contribution in [0.15, 0.2) is 27.7 Å². The van der Waals surface area contributed by atoms with Gasteiger partial charge < -0.3 is 0 Å². The smallest absolute Gasteiger partial charge is 0.268 e. The van der Waals surface area contributed by atoms with Gasteiger partial charge >= 0.3 is 0 Å². The Labute approximate surface area is 96.4 Å². The van der Waals surface area contributed by atoms with E-state index in [0.717, 1.165) is 0 Å². The minimum absolute atomic E-state index is 0.0543. The number of hydrogen-bond donors (Lipinski definition) is 1. The topological polar surface area (TPSA) is 34.9 Å². The number of hydrogen-bond acceptors (Lipinski definition) is 3. The first kappa shape index (κ1) is 11.5. The molecule has 1 rings (SSSR count). The molecule has 0 unspecified atom stereocenters. The van der Waals surface area contributed by atoms with E-state index in [-0.39, 0.29) is 5.56 Å². The third-order valence-electron chi connectivity index (χ3n) is 1.73. The molecule has 0 atom stereocenters. The second-order valence-corrected chi connectivity index (χ2v) is 3.91. The molecular weight excluding hydrogens is 264 g/mol. The third-order valence-corrected chi connectivity index (χ3v) is 2.86. The predicted octanol–water partition coefficient (Wildman–Crippen LogP) is 1.80. The summed E-state index contributed by atoms with van der Waals surface area (Å²) in [7, 11) is 0. The summed E-state index contributed by atoms with van der Waals surface area (Å²) < 4.78 is 2.07. The van der Waals surface area contributed by atoms with E-state index >= 15 is 0 Å². The lowest BCUT2D eigenvalue weighted by molar-refractivity contribution is 0.740. The van der Waals surface area contributed by atoms with Crippen molar-refractivity contribution in [3.63, 3.8) is 0 Å². The Bertz CT molecular complexity index is 400. The Morgan fingerprint density at radius 3 is 3.00 bits per heavy atom. The van der Waals surface area contributed by atoms with Gasteiger partial charge in [0.1, 0.15) is 4.47 Å². The third kappa shape index (κ3) is 2.72. The summed E-state index contributed by atoms with van der Waals surface area (Å²) >= 11 is 7.23. The first-order valence-corrected chi connectivity index (χ1v) is 5.56. The van der Waals surface area contributed by atoms with Crippen molar-refractivity contribution in [2.45, 2.75) is 13.5 Å². The lowest BCUT2D eigenvalue weighted by atomic mass is 10.4. The summed E-state index contributed by atoms with van der Waals surface area (Å²) in [5.41, 5.74) is 0.658. The number of aryl methyl sites for hydroxylation is 1. The number of halogens is 1. The highest BCUT2D eigenvalue weighted by Gasteiger charge is 2.03. The van der Waals surface area contributed by atoms with Crippen LogP contribution in [-0.2, 0) is 6.54 Å². The van der Waals surface area contributed by atoms with Gasteiger partial charge in [0.05, 0.1) is 12.0 Å². The van der Waals surface area contributed by atoms with Crippen LogP contribution < -0.4 is 5.56 Å². The summed E-state index contributed by atoms with van der Waals surface area (Å²) in [6.07, 6.45) is 5.33. The van der Waals surface area contributed by atoms with Crippen LogP contribution in [-0.4, -0.2) is 15.3 Å². The van der Waals surface area contributed by atoms with Crippen molar-refractivity contribution in [2.24, 2.45) is 0 Å². The van der Waals surface area contributed by atoms with Crippen LogP contribution in [0.4, 0.5) is 0 Å². The fourth-order valence-corrected chi connectivity index (χ4v) is 1.42. The van der Waals surface area contributed by atoms with Crippen molar-refractivity contribution in [3.05, 3.63) is 39.0 Å². The lowest BCUT2D eigenvalue weighted by Gasteiger charge is -2.03. The maximum atomic E-state index is 11.6. The molecule has 0 aliphatic rings. The summed E-state index contributed by atoms with van der Waals surface area (Å²) in [4.78, 5) is 15.7. The molecule has 76 valence electrons. The molecule has 1 aromatic heterocycles. The summed E-state index contributed by atoms with van der Waals surface area (Å²) in [6.45, 7) is 2.32. The number of nitrogens with zero attached hydrogens (tertiary/aromatic N) is 2. The molecule has 0 aliphatic heterocycles. The molecule has 0 radical (unpaired) electrons. The quantitative estimate of drug-likeness (QED) is 0.674. The van der Waals surface area contributed by atoms with E-state index in [1.165, 1.54) is 4.57 Å². The largest absolute Gasteiger partial charge is 0.294 e. The Hall–Kier alpha value is -0.550. The molecule has 0 amide bonds. The zero-order valence-electron chi connectivity index (χ0n) is 7.77. The van der Waals surface area contributed by atoms with Gasteiger partial charge in [0.2, 0.25) is 0 Å². The van der Waals surface area contributed by atoms with E-state index in [9.17, 15) is 4.79 Å². The first-order chi connectivity index (χ1) is 6.66. The van der Waals surface area contributed by atoms with E-state index in [0.29, 0.717) is 22.5 Å². The van der Waals surface area contributed by atoms with Crippen molar-refractivity contribution >= 4 is 28.6 Å². The number of rotatable bonds is 3. The fourth-order valence-electron chi connectivity index (χ4n) is 0.939. The lowest BCUT2D eigenvalue weighted by Crippen LogP contribution is -2.21. The second-order valence-electron chi connectivity index (χ2n) is 2.76. The SMILES string of the molecule is Cc1ncn(CC=CCS)c(=O)c1Br. The highest BCUT2D eigenvalue weighted by molar-refractivity contribution is 9.10. The van der Waals surface area contributed by atoms with E-state index in [1.807, 2.05) is 12.2 Å². The summed E-state index contributed by atoms with van der Waals surface area (Å²) in [6, 6.07) is 0. The molecule has 0 N–H and O–H groups in total. The Morgan fingerprint density at radius 1 is 1.64 bits per heavy atom. The van der Waals surface area contributed by atoms with Crippen LogP contribution in [0.5, 0.6) is 0 Å². The van der Waals surface area contributed by atoms with Gasteiger partial charge in [0.25, 0.3) is 5.56 Å². The summed E-state index contributed by atoms with van der Waals surface area (Å²) in [5, 5.41) is 0. The highest BCUT2D eigenvalue weighted by Crippen LogP contribution is 2.05. The minimum Gasteiger partial charge on any atom is -0.294 e. The van der Waals surface area contributed by atoms with Gasteiger partial charge in [-0.05, 0) is 22.9 Å². The molecule has 5 heteroatoms. The van der Waals surface area contributed by atoms with E-state index in [1.54, 1.807) is 13.3 Å². The summed E-state index contributed by atoms with van der Waals surface area (Å²) in [5.74, 6) is 0.676. The maximum absolute atomic E-state index is 11.6. The Kier molecular flexibility index (Phi) is 4.41. The fraction of sp³-hybridized carbons (Fsp3) is 0.333. The van der Waals surface area contributed by atoms with Crippen molar-refractivity contribution in [3.8, 4) is 0 Å². The molecule has 0 aromatic carbocycles. The van der Waals surface area contributed by atoms with Crippen LogP contribution in [0.25, 0.3) is 0 Å². The number of aromatic nitrogens is 2. The maximum Gasteiger partial charge on any atom is 0.268 e. The van der Waals surface area contributed by atoms with Crippen LogP contribution in [0.3, 0.4) is 0 Å². The molecular formula is C9H11BrN2OS. The van der Waals surface area contributed by atoms with Crippen LogP contribution in [0.1, 0.15) is 5.69 Å². The van der Waals surface area contributed by atoms with Crippen LogP contribution >= 0.6 is 28.6 Å². The zero-order valence-corrected chi connectivity index (χ0v) is 10.3. The highest BCUT2D eigenvalue weighted by atomic mass is 79.9. The van der Waals surface area contributed by atoms with Crippen molar-refractivity contribution in [1.82, 2.24) is 9.55 Å². The molecule has 0 bridgehead atoms. The van der Waals surface area contributed by atoms with Gasteiger partial charge in [-0.2, -0.15) is 12.6 Å². The Morgan fingerprint density at radius 2 is 2.36 bits per heavy atom. The van der Waals surface area contributed by atoms with Gasteiger partial charge in [-0.1, -0.05) is 12.2 Å². The molecule has 0 fully saturated rings. The molecule has 14 heavy (non-hydrogen) atoms. The molecule has 0 aliphatic carbocycles. The zero-order chi connectivity index (χ0) is 10.6. The van der Waals surface area contributed by atoms with Crippen molar-refractivity contribution in [1.29, 1.82) is 0 Å². The van der Waals surface area contributed by atoms with Gasteiger partial charge in [0, 0.05) is 12.3 Å². The molecule has 3 nitrogen and oxygen atoms in total. The van der Waals surface area contributed by atoms with E-state index in [2.05, 4.69) is 33.5 Å². The Balaban J connectivity index is 2.95. The normalized spacial score (nSPS) is 11.1. The molecule has 1 heterocycles. The predicted molar refractivity (Wildman–Crippen MR) is 63.9 cm³/mol. The number of thiol groups is 1. The van der Waals surface area contributed by atoms with Crippen molar-refractivity contribution < 1.29 is 0 Å². The average molecular weight is 275 g/mol. The van der Waals surface area contributed by atoms with E-state index < -0.39 is 0 Å². The van der Waals surface area contributed by atoms with Crippen molar-refractivity contribution in [2.75, 3.05) is 5.75 Å². The second kappa shape index (κ2) is 5.36. The van der Waals surface area contributed by atoms with Crippen LogP contribution in [0.2, 0.25) is 0 Å². The minimum atomic E-state index is -0.0543. The number of allylic oxidation sites excluding steroid dienone is 1. The van der Waals surface area contributed by atoms with Gasteiger partial charge in [0.15, 0.2) is 0 Å². The molecule has 0 saturated heterocycles. The molecule has 0 saturated carbocycles. The average Bonchev–Trinajstić information content (AvgIpc) is 2.18. The van der Waals surface area contributed by atoms with Gasteiger partial charge in [-0.25, -0.2) is 4.98 Å². The van der Waals surface area contributed by atoms with E-state index in [4.69, 9.17) is 0 Å². The van der Waals surface area contributed by atoms with Gasteiger partial charge in [-0.15, -0.1) is 0 Å². The molecule has 1 aromatic rings. The first-order valence-electron chi connectivity index (χ1n) is 4.14. The monoisotopic (exact) mass is 274 g/mol. The van der Waals surface area contributed by atoms with Gasteiger partial charge in [-0.3, -0.25) is 9.36 Å². The standard InChI is InChI=1S/C9H11BrN2OS/c1-7-8(10)9(13)12(6-11-7)4-2-3-5-14/h2-3,6,14H,4-5H2,1H3. The molecule has 0 spiro atoms.